The van der Waals surface area contributed by atoms with Crippen molar-refractivity contribution in [3.05, 3.63) is 23.8 Å². The van der Waals surface area contributed by atoms with Crippen LogP contribution in [0, 0.1) is 46.3 Å². The molecule has 4 aliphatic carbocycles. The summed E-state index contributed by atoms with van der Waals surface area (Å²) in [6.07, 6.45) is 17.0. The molecule has 2 heteroatoms. The van der Waals surface area contributed by atoms with Crippen LogP contribution >= 0.6 is 0 Å². The maximum Gasteiger partial charge on any atom is 0.178 e. The number of hydrogen-bond acceptors (Lipinski definition) is 2. The van der Waals surface area contributed by atoms with E-state index in [1.807, 2.05) is 12.2 Å². The predicted octanol–water partition coefficient (Wildman–Crippen LogP) is 5.93. The van der Waals surface area contributed by atoms with Crippen LogP contribution in [0.25, 0.3) is 0 Å². The summed E-state index contributed by atoms with van der Waals surface area (Å²) in [5, 5.41) is 3.91. The van der Waals surface area contributed by atoms with Crippen LogP contribution in [-0.4, -0.2) is 18.4 Å². The van der Waals surface area contributed by atoms with Crippen molar-refractivity contribution >= 4 is 5.78 Å². The Morgan fingerprint density at radius 2 is 1.90 bits per heavy atom. The number of ketones is 1. The van der Waals surface area contributed by atoms with Gasteiger partial charge in [-0.1, -0.05) is 39.3 Å². The van der Waals surface area contributed by atoms with Crippen LogP contribution in [0.5, 0.6) is 0 Å². The van der Waals surface area contributed by atoms with Gasteiger partial charge in [-0.15, -0.1) is 0 Å². The Labute approximate surface area is 178 Å². The fourth-order valence-electron chi connectivity index (χ4n) is 8.85. The maximum atomic E-state index is 12.0. The Bertz CT molecular complexity index is 729. The molecule has 160 valence electrons. The lowest BCUT2D eigenvalue weighted by Crippen LogP contribution is -2.52. The second-order valence-electron chi connectivity index (χ2n) is 11.9. The van der Waals surface area contributed by atoms with Gasteiger partial charge in [0.1, 0.15) is 0 Å². The lowest BCUT2D eigenvalue weighted by atomic mass is 9.47. The third-order valence-electron chi connectivity index (χ3n) is 10.6. The first-order valence-corrected chi connectivity index (χ1v) is 12.5. The van der Waals surface area contributed by atoms with E-state index in [0.29, 0.717) is 5.41 Å². The predicted molar refractivity (Wildman–Crippen MR) is 119 cm³/mol. The molecule has 0 aromatic carbocycles. The van der Waals surface area contributed by atoms with E-state index in [9.17, 15) is 4.79 Å². The van der Waals surface area contributed by atoms with Crippen molar-refractivity contribution in [2.45, 2.75) is 85.1 Å². The molecule has 29 heavy (non-hydrogen) atoms. The summed E-state index contributed by atoms with van der Waals surface area (Å²) in [6.45, 7) is 11.3. The molecule has 0 radical (unpaired) electrons. The second kappa shape index (κ2) is 7.08. The largest absolute Gasteiger partial charge is 0.313 e. The van der Waals surface area contributed by atoms with Gasteiger partial charge in [0.15, 0.2) is 5.78 Å². The van der Waals surface area contributed by atoms with Crippen molar-refractivity contribution < 1.29 is 4.79 Å². The minimum Gasteiger partial charge on any atom is -0.313 e. The van der Waals surface area contributed by atoms with Crippen LogP contribution in [0.1, 0.15) is 79.1 Å². The number of carbonyl (C=O) groups excluding carboxylic acids is 1. The van der Waals surface area contributed by atoms with E-state index in [4.69, 9.17) is 0 Å². The van der Waals surface area contributed by atoms with Gasteiger partial charge in [0.05, 0.1) is 0 Å². The van der Waals surface area contributed by atoms with Crippen LogP contribution in [-0.2, 0) is 4.79 Å². The molecular formula is C27H41NO. The first-order chi connectivity index (χ1) is 13.8. The highest BCUT2D eigenvalue weighted by molar-refractivity contribution is 6.01. The molecule has 0 aromatic heterocycles. The van der Waals surface area contributed by atoms with E-state index in [0.717, 1.165) is 48.0 Å². The highest BCUT2D eigenvalue weighted by Crippen LogP contribution is 2.67. The van der Waals surface area contributed by atoms with Gasteiger partial charge in [0.2, 0.25) is 0 Å². The van der Waals surface area contributed by atoms with Crippen molar-refractivity contribution in [2.24, 2.45) is 46.3 Å². The van der Waals surface area contributed by atoms with Gasteiger partial charge in [0, 0.05) is 11.5 Å². The minimum absolute atomic E-state index is 0.142. The van der Waals surface area contributed by atoms with E-state index in [1.54, 1.807) is 0 Å². The fourth-order valence-corrected chi connectivity index (χ4v) is 8.85. The smallest absolute Gasteiger partial charge is 0.178 e. The van der Waals surface area contributed by atoms with Crippen molar-refractivity contribution in [1.29, 1.82) is 0 Å². The summed E-state index contributed by atoms with van der Waals surface area (Å²) >= 11 is 0. The third kappa shape index (κ3) is 3.03. The monoisotopic (exact) mass is 395 g/mol. The Hall–Kier alpha value is -0.890. The average Bonchev–Trinajstić information content (AvgIpc) is 3.06. The molecule has 3 saturated carbocycles. The summed E-state index contributed by atoms with van der Waals surface area (Å²) in [4.78, 5) is 12.0. The SMILES string of the molecule is CC1CCC(C(C)C2CCC3C4CCC5=CC(=O)C=CC5(C)C4CCC23C)NC1. The lowest BCUT2D eigenvalue weighted by Gasteiger charge is -2.57. The van der Waals surface area contributed by atoms with Crippen LogP contribution in [0.3, 0.4) is 0 Å². The van der Waals surface area contributed by atoms with E-state index in [1.165, 1.54) is 57.1 Å². The summed E-state index contributed by atoms with van der Waals surface area (Å²) in [6, 6.07) is 0.732. The molecule has 5 rings (SSSR count). The first kappa shape index (κ1) is 20.0. The van der Waals surface area contributed by atoms with E-state index >= 15 is 0 Å². The van der Waals surface area contributed by atoms with Gasteiger partial charge in [-0.25, -0.2) is 0 Å². The van der Waals surface area contributed by atoms with Crippen LogP contribution in [0.2, 0.25) is 0 Å². The molecule has 4 fully saturated rings. The first-order valence-electron chi connectivity index (χ1n) is 12.5. The van der Waals surface area contributed by atoms with Crippen molar-refractivity contribution in [1.82, 2.24) is 5.32 Å². The zero-order valence-electron chi connectivity index (χ0n) is 19.0. The van der Waals surface area contributed by atoms with Gasteiger partial charge < -0.3 is 5.32 Å². The number of nitrogens with one attached hydrogen (secondary N) is 1. The summed E-state index contributed by atoms with van der Waals surface area (Å²) in [5.41, 5.74) is 2.10. The standard InChI is InChI=1S/C27H41NO/c1-17-5-10-25(28-16-17)18(2)22-8-9-23-21-7-6-19-15-20(29)11-13-26(19,3)24(21)12-14-27(22,23)4/h11,13,15,17-18,21-25,28H,5-10,12,14,16H2,1-4H3. The average molecular weight is 396 g/mol. The fraction of sp³-hybridized carbons (Fsp3) is 0.815. The van der Waals surface area contributed by atoms with Gasteiger partial charge >= 0.3 is 0 Å². The topological polar surface area (TPSA) is 29.1 Å². The van der Waals surface area contributed by atoms with Crippen LogP contribution < -0.4 is 5.32 Å². The van der Waals surface area contributed by atoms with Crippen LogP contribution in [0.15, 0.2) is 23.8 Å². The Morgan fingerprint density at radius 3 is 2.66 bits per heavy atom. The highest BCUT2D eigenvalue weighted by Gasteiger charge is 2.59. The molecule has 0 aromatic rings. The molecule has 9 atom stereocenters. The molecular weight excluding hydrogens is 354 g/mol. The van der Waals surface area contributed by atoms with Crippen molar-refractivity contribution in [3.63, 3.8) is 0 Å². The molecule has 0 bridgehead atoms. The third-order valence-corrected chi connectivity index (χ3v) is 10.6. The molecule has 2 nitrogen and oxygen atoms in total. The molecule has 5 aliphatic rings. The molecule has 9 unspecified atom stereocenters. The summed E-state index contributed by atoms with van der Waals surface area (Å²) in [5.74, 6) is 5.23. The van der Waals surface area contributed by atoms with Gasteiger partial charge in [0.25, 0.3) is 0 Å². The zero-order valence-corrected chi connectivity index (χ0v) is 19.0. The van der Waals surface area contributed by atoms with E-state index in [-0.39, 0.29) is 11.2 Å². The van der Waals surface area contributed by atoms with Gasteiger partial charge in [-0.2, -0.15) is 0 Å². The zero-order chi connectivity index (χ0) is 20.4. The molecule has 1 N–H and O–H groups in total. The number of fused-ring (bicyclic) bond motifs is 5. The Morgan fingerprint density at radius 1 is 1.07 bits per heavy atom. The van der Waals surface area contributed by atoms with Gasteiger partial charge in [-0.05, 0) is 111 Å². The molecule has 0 spiro atoms. The number of piperidine rings is 1. The number of rotatable bonds is 2. The number of hydrogen-bond donors (Lipinski definition) is 1. The number of carbonyl (C=O) groups is 1. The van der Waals surface area contributed by atoms with Gasteiger partial charge in [-0.3, -0.25) is 4.79 Å². The lowest BCUT2D eigenvalue weighted by molar-refractivity contribution is -0.111. The summed E-state index contributed by atoms with van der Waals surface area (Å²) in [7, 11) is 0. The van der Waals surface area contributed by atoms with E-state index in [2.05, 4.69) is 39.1 Å². The van der Waals surface area contributed by atoms with Crippen molar-refractivity contribution in [3.8, 4) is 0 Å². The Balaban J connectivity index is 1.37. The quantitative estimate of drug-likeness (QED) is 0.627. The minimum atomic E-state index is 0.142. The maximum absolute atomic E-state index is 12.0. The number of allylic oxidation sites excluding steroid dienone is 4. The van der Waals surface area contributed by atoms with E-state index < -0.39 is 0 Å². The molecule has 1 heterocycles. The second-order valence-corrected chi connectivity index (χ2v) is 11.9. The van der Waals surface area contributed by atoms with Crippen LogP contribution in [0.4, 0.5) is 0 Å². The Kier molecular flexibility index (Phi) is 4.89. The normalized spacial score (nSPS) is 50.3. The highest BCUT2D eigenvalue weighted by atomic mass is 16.1. The summed E-state index contributed by atoms with van der Waals surface area (Å²) < 4.78 is 0. The van der Waals surface area contributed by atoms with Crippen molar-refractivity contribution in [2.75, 3.05) is 6.54 Å². The molecule has 1 aliphatic heterocycles. The molecule has 1 saturated heterocycles. The molecule has 0 amide bonds.